The van der Waals surface area contributed by atoms with Crippen molar-refractivity contribution in [1.82, 2.24) is 29.4 Å². The zero-order chi connectivity index (χ0) is 58.0. The number of hydrogen-bond donors (Lipinski definition) is 4. The Bertz CT molecular complexity index is 3090. The van der Waals surface area contributed by atoms with Gasteiger partial charge in [0.05, 0.1) is 40.4 Å². The number of ether oxygens (including phenoxy) is 2. The van der Waals surface area contributed by atoms with Crippen LogP contribution in [0.5, 0.6) is 11.5 Å². The van der Waals surface area contributed by atoms with E-state index >= 15 is 0 Å². The average Bonchev–Trinajstić information content (AvgIpc) is 4.12. The highest BCUT2D eigenvalue weighted by Crippen LogP contribution is 2.33. The van der Waals surface area contributed by atoms with Crippen molar-refractivity contribution >= 4 is 87.4 Å². The number of fused-ring (bicyclic) bond motifs is 2. The number of furan rings is 1. The predicted molar refractivity (Wildman–Crippen MR) is 313 cm³/mol. The molecule has 0 bridgehead atoms. The van der Waals surface area contributed by atoms with Crippen molar-refractivity contribution in [3.63, 3.8) is 0 Å². The number of carbonyl (C=O) groups is 4. The van der Waals surface area contributed by atoms with E-state index in [-0.39, 0.29) is 63.8 Å². The molecule has 4 amide bonds. The molecule has 10 rings (SSSR count). The number of thiophene rings is 1. The van der Waals surface area contributed by atoms with Gasteiger partial charge in [0.25, 0.3) is 11.8 Å². The highest BCUT2D eigenvalue weighted by atomic mass is 32.2. The minimum absolute atomic E-state index is 0.00164. The van der Waals surface area contributed by atoms with Gasteiger partial charge in [-0.25, -0.2) is 27.8 Å². The highest BCUT2D eigenvalue weighted by molar-refractivity contribution is 7.90. The molecule has 82 heavy (non-hydrogen) atoms. The number of likely N-dealkylation sites (tertiary alicyclic amines) is 2. The number of para-hydroxylation sites is 1. The summed E-state index contributed by atoms with van der Waals surface area (Å²) in [5, 5.41) is 18.3. The molecule has 6 heterocycles. The lowest BCUT2D eigenvalue weighted by Gasteiger charge is -2.41. The normalized spacial score (nSPS) is 20.2. The van der Waals surface area contributed by atoms with Crippen LogP contribution in [0, 0.1) is 11.8 Å². The van der Waals surface area contributed by atoms with E-state index in [0.29, 0.717) is 62.9 Å². The number of piperidine rings is 2. The van der Waals surface area contributed by atoms with Gasteiger partial charge in [-0.05, 0) is 104 Å². The second kappa shape index (κ2) is 27.1. The van der Waals surface area contributed by atoms with Crippen molar-refractivity contribution in [3.05, 3.63) is 120 Å². The molecule has 4 aliphatic rings. The maximum Gasteiger partial charge on any atom is 0.289 e. The van der Waals surface area contributed by atoms with E-state index in [1.807, 2.05) is 84.9 Å². The Labute approximate surface area is 482 Å². The summed E-state index contributed by atoms with van der Waals surface area (Å²) in [5.74, 6) is -2.25. The smallest absolute Gasteiger partial charge is 0.289 e. The lowest BCUT2D eigenvalue weighted by Crippen LogP contribution is -2.57. The number of piperazine rings is 2. The maximum absolute atomic E-state index is 13.8. The summed E-state index contributed by atoms with van der Waals surface area (Å²) in [6, 6.07) is 33.9. The number of hydrogen-bond acceptors (Lipinski definition) is 16. The van der Waals surface area contributed by atoms with Crippen molar-refractivity contribution in [2.24, 2.45) is 11.8 Å². The third-order valence-corrected chi connectivity index (χ3v) is 21.3. The molecular weight excluding hydrogens is 1110 g/mol. The Kier molecular flexibility index (Phi) is 19.7. The van der Waals surface area contributed by atoms with Crippen LogP contribution < -0.4 is 30.2 Å². The van der Waals surface area contributed by atoms with Crippen molar-refractivity contribution in [1.29, 1.82) is 0 Å². The third kappa shape index (κ3) is 14.0. The second-order valence-corrected chi connectivity index (χ2v) is 26.5. The zero-order valence-electron chi connectivity index (χ0n) is 46.1. The average molecular weight is 1190 g/mol. The van der Waals surface area contributed by atoms with Crippen LogP contribution in [0.3, 0.4) is 0 Å². The topological polar surface area (TPSA) is 252 Å². The van der Waals surface area contributed by atoms with Gasteiger partial charge in [-0.15, -0.1) is 11.3 Å². The molecule has 4 fully saturated rings. The SMILES string of the molecule is CCCCOc1ccc(N2CCN(S(=O)(=O)C3CC(C(=O)NO)CN(C(=O)c4cc5ccccc5o4)C3)CC2)cc1.CCCCOc1ccc(N2CCN(S(=O)(=O)C3CC(C(=O)NO)CN(C(=O)c4cc5ccccc5s4)C3)CC2)cc1. The number of benzene rings is 4. The molecule has 4 aliphatic heterocycles. The van der Waals surface area contributed by atoms with Crippen LogP contribution in [0.2, 0.25) is 0 Å². The van der Waals surface area contributed by atoms with E-state index in [9.17, 15) is 46.4 Å². The summed E-state index contributed by atoms with van der Waals surface area (Å²) in [4.78, 5) is 59.3. The number of hydroxylamine groups is 2. The molecule has 440 valence electrons. The number of nitrogens with zero attached hydrogens (tertiary/aromatic N) is 6. The first-order valence-corrected chi connectivity index (χ1v) is 31.8. The van der Waals surface area contributed by atoms with Crippen LogP contribution in [-0.2, 0) is 29.6 Å². The minimum Gasteiger partial charge on any atom is -0.494 e. The van der Waals surface area contributed by atoms with Gasteiger partial charge in [-0.2, -0.15) is 8.61 Å². The lowest BCUT2D eigenvalue weighted by molar-refractivity contribution is -0.135. The molecule has 4 N–H and O–H groups in total. The van der Waals surface area contributed by atoms with Gasteiger partial charge in [-0.3, -0.25) is 29.6 Å². The molecule has 4 atom stereocenters. The molecule has 0 aliphatic carbocycles. The molecule has 0 radical (unpaired) electrons. The van der Waals surface area contributed by atoms with Gasteiger partial charge >= 0.3 is 0 Å². The van der Waals surface area contributed by atoms with E-state index in [1.54, 1.807) is 35.2 Å². The Balaban J connectivity index is 0.000000198. The summed E-state index contributed by atoms with van der Waals surface area (Å²) >= 11 is 1.34. The van der Waals surface area contributed by atoms with Gasteiger partial charge in [0, 0.05) is 100.0 Å². The molecule has 0 saturated carbocycles. The van der Waals surface area contributed by atoms with Crippen LogP contribution in [0.4, 0.5) is 11.4 Å². The number of amides is 4. The highest BCUT2D eigenvalue weighted by Gasteiger charge is 2.45. The van der Waals surface area contributed by atoms with Crippen LogP contribution in [0.15, 0.2) is 114 Å². The fourth-order valence-corrected chi connectivity index (χ4v) is 15.8. The number of anilines is 2. The number of sulfonamides is 2. The molecule has 6 aromatic rings. The lowest BCUT2D eigenvalue weighted by atomic mass is 9.96. The zero-order valence-corrected chi connectivity index (χ0v) is 48.6. The van der Waals surface area contributed by atoms with E-state index in [2.05, 4.69) is 23.6 Å². The van der Waals surface area contributed by atoms with Gasteiger partial charge in [0.1, 0.15) is 17.1 Å². The van der Waals surface area contributed by atoms with Crippen LogP contribution in [-0.4, -0.2) is 172 Å². The largest absolute Gasteiger partial charge is 0.494 e. The number of carbonyl (C=O) groups excluding carboxylic acids is 4. The predicted octanol–water partition coefficient (Wildman–Crippen LogP) is 6.67. The van der Waals surface area contributed by atoms with Gasteiger partial charge in [0.15, 0.2) is 5.76 Å². The van der Waals surface area contributed by atoms with Crippen LogP contribution in [0.1, 0.15) is 72.6 Å². The monoisotopic (exact) mass is 1180 g/mol. The molecular formula is C58H72N8O13S3. The molecule has 0 spiro atoms. The van der Waals surface area contributed by atoms with Gasteiger partial charge in [-0.1, -0.05) is 63.1 Å². The Morgan fingerprint density at radius 3 is 1.48 bits per heavy atom. The standard InChI is InChI=1S/C29H36N4O7S.C29H36N4O6S2/c2*1-2-3-16-39-24-10-8-23(9-11-24)31-12-14-33(15-13-31)41(37,38)25-17-22(28(34)30-36)19-32(20-25)29(35)27-18-21-6-4-5-7-26(21)40-27/h2*4-11,18,22,25,36H,2-3,12-17,19-20H2,1H3,(H,30,34). The van der Waals surface area contributed by atoms with Crippen molar-refractivity contribution in [2.45, 2.75) is 62.9 Å². The minimum atomic E-state index is -3.86. The first kappa shape index (κ1) is 59.8. The van der Waals surface area contributed by atoms with Gasteiger partial charge in [0.2, 0.25) is 31.9 Å². The second-order valence-electron chi connectivity index (χ2n) is 21.0. The fraction of sp³-hybridized carbons (Fsp3) is 0.448. The van der Waals surface area contributed by atoms with E-state index < -0.39 is 60.1 Å². The first-order valence-electron chi connectivity index (χ1n) is 28.0. The fourth-order valence-electron chi connectivity index (χ4n) is 10.9. The summed E-state index contributed by atoms with van der Waals surface area (Å²) in [7, 11) is -7.68. The van der Waals surface area contributed by atoms with Crippen LogP contribution >= 0.6 is 11.3 Å². The van der Waals surface area contributed by atoms with Gasteiger partial charge < -0.3 is 33.5 Å². The molecule has 24 heteroatoms. The van der Waals surface area contributed by atoms with E-state index in [1.165, 1.54) is 29.7 Å². The molecule has 2 aromatic heterocycles. The number of rotatable bonds is 18. The van der Waals surface area contributed by atoms with Crippen molar-refractivity contribution in [3.8, 4) is 11.5 Å². The Morgan fingerprint density at radius 1 is 0.573 bits per heavy atom. The molecule has 21 nitrogen and oxygen atoms in total. The summed E-state index contributed by atoms with van der Waals surface area (Å²) in [6.07, 6.45) is 4.17. The Hall–Kier alpha value is -6.80. The first-order chi connectivity index (χ1) is 39.6. The third-order valence-electron chi connectivity index (χ3n) is 15.6. The maximum atomic E-state index is 13.8. The van der Waals surface area contributed by atoms with E-state index in [4.69, 9.17) is 13.9 Å². The van der Waals surface area contributed by atoms with Crippen molar-refractivity contribution < 1.29 is 60.3 Å². The molecule has 4 unspecified atom stereocenters. The molecule has 4 aromatic carbocycles. The summed E-state index contributed by atoms with van der Waals surface area (Å²) in [6.45, 7) is 8.73. The number of nitrogens with one attached hydrogen (secondary N) is 2. The number of unbranched alkanes of at least 4 members (excludes halogenated alkanes) is 2. The van der Waals surface area contributed by atoms with Crippen LogP contribution in [0.25, 0.3) is 21.1 Å². The summed E-state index contributed by atoms with van der Waals surface area (Å²) in [5.41, 5.74) is 5.81. The quantitative estimate of drug-likeness (QED) is 0.0399. The molecule has 4 saturated heterocycles. The summed E-state index contributed by atoms with van der Waals surface area (Å²) < 4.78 is 76.3. The van der Waals surface area contributed by atoms with Crippen molar-refractivity contribution in [2.75, 3.05) is 102 Å². The van der Waals surface area contributed by atoms with E-state index in [0.717, 1.165) is 64.0 Å². The Morgan fingerprint density at radius 2 is 1.02 bits per heavy atom.